The first kappa shape index (κ1) is 37.4. The van der Waals surface area contributed by atoms with Crippen LogP contribution in [0, 0.1) is 6.92 Å². The summed E-state index contributed by atoms with van der Waals surface area (Å²) in [6.07, 6.45) is 0. The number of rotatable bonds is 8. The monoisotopic (exact) mass is 688 g/mol. The van der Waals surface area contributed by atoms with E-state index in [1.807, 2.05) is 6.92 Å². The molecule has 4 aromatic carbocycles. The second-order valence-electron chi connectivity index (χ2n) is 9.96. The Morgan fingerprint density at radius 2 is 1.33 bits per heavy atom. The van der Waals surface area contributed by atoms with Gasteiger partial charge in [-0.25, -0.2) is 4.79 Å². The Hall–Kier alpha value is -4.77. The van der Waals surface area contributed by atoms with Crippen LogP contribution in [-0.2, 0) is 11.3 Å². The summed E-state index contributed by atoms with van der Waals surface area (Å²) in [7, 11) is 4.37. The first-order chi connectivity index (χ1) is 20.6. The van der Waals surface area contributed by atoms with E-state index < -0.39 is 11.5 Å². The lowest BCUT2D eigenvalue weighted by atomic mass is 9.94. The number of carbonyl (C=O) groups is 1. The summed E-state index contributed by atoms with van der Waals surface area (Å²) in [6, 6.07) is 20.6. The average Bonchev–Trinajstić information content (AvgIpc) is 3.00. The minimum Gasteiger partial charge on any atom is -0.496 e. The Balaban J connectivity index is 0.00000245. The number of nitrogens with two attached hydrogens (primary N) is 3. The highest BCUT2D eigenvalue weighted by atomic mass is 35.5. The van der Waals surface area contributed by atoms with E-state index in [1.165, 1.54) is 11.7 Å². The molecule has 0 aliphatic rings. The number of hydrogen-bond acceptors (Lipinski definition) is 9. The van der Waals surface area contributed by atoms with E-state index >= 15 is 0 Å². The Morgan fingerprint density at radius 1 is 0.739 bits per heavy atom. The first-order valence-corrected chi connectivity index (χ1v) is 13.3. The molecule has 5 rings (SSSR count). The normalized spacial score (nSPS) is 10.2. The number of nitrogens with zero attached hydrogens (tertiary/aromatic N) is 1. The molecule has 0 saturated heterocycles. The summed E-state index contributed by atoms with van der Waals surface area (Å²) in [4.78, 5) is 27.7. The number of esters is 1. The summed E-state index contributed by atoms with van der Waals surface area (Å²) in [5.74, 6) is 0.823. The van der Waals surface area contributed by atoms with Crippen LogP contribution in [0.5, 0.6) is 17.2 Å². The molecule has 0 radical (unpaired) electrons. The van der Waals surface area contributed by atoms with Gasteiger partial charge in [0.15, 0.2) is 0 Å². The van der Waals surface area contributed by atoms with E-state index in [2.05, 4.69) is 0 Å². The van der Waals surface area contributed by atoms with Crippen molar-refractivity contribution in [3.8, 4) is 34.1 Å². The molecule has 5 aromatic rings. The number of halogens is 3. The van der Waals surface area contributed by atoms with Crippen LogP contribution < -0.4 is 37.0 Å². The lowest BCUT2D eigenvalue weighted by molar-refractivity contribution is 0.0591. The predicted molar refractivity (Wildman–Crippen MR) is 190 cm³/mol. The van der Waals surface area contributed by atoms with Crippen molar-refractivity contribution in [3.05, 3.63) is 100.0 Å². The highest BCUT2D eigenvalue weighted by molar-refractivity contribution is 6.07. The van der Waals surface area contributed by atoms with Crippen molar-refractivity contribution in [1.29, 1.82) is 0 Å². The molecule has 0 bridgehead atoms. The Morgan fingerprint density at radius 3 is 1.87 bits per heavy atom. The number of anilines is 3. The van der Waals surface area contributed by atoms with Crippen molar-refractivity contribution >= 4 is 71.0 Å². The van der Waals surface area contributed by atoms with Crippen LogP contribution in [0.1, 0.15) is 21.6 Å². The third-order valence-corrected chi connectivity index (χ3v) is 7.17. The molecule has 1 aromatic heterocycles. The van der Waals surface area contributed by atoms with Crippen molar-refractivity contribution in [2.45, 2.75) is 13.5 Å². The Labute approximate surface area is 284 Å². The number of benzene rings is 4. The molecule has 6 N–H and O–H groups in total. The Kier molecular flexibility index (Phi) is 12.6. The molecule has 0 atom stereocenters. The van der Waals surface area contributed by atoms with Gasteiger partial charge < -0.3 is 36.1 Å². The van der Waals surface area contributed by atoms with Crippen LogP contribution in [0.2, 0.25) is 0 Å². The fourth-order valence-electron chi connectivity index (χ4n) is 5.15. The topological polar surface area (TPSA) is 154 Å². The van der Waals surface area contributed by atoms with E-state index in [-0.39, 0.29) is 49.5 Å². The molecular weight excluding hydrogens is 655 g/mol. The van der Waals surface area contributed by atoms with Gasteiger partial charge in [-0.3, -0.25) is 9.36 Å². The van der Waals surface area contributed by atoms with Gasteiger partial charge in [0.1, 0.15) is 29.5 Å². The summed E-state index contributed by atoms with van der Waals surface area (Å²) >= 11 is 0. The van der Waals surface area contributed by atoms with Gasteiger partial charge in [-0.1, -0.05) is 0 Å². The molecule has 1 heterocycles. The van der Waals surface area contributed by atoms with Gasteiger partial charge in [-0.15, -0.1) is 37.2 Å². The predicted octanol–water partition coefficient (Wildman–Crippen LogP) is 6.36. The molecule has 0 saturated carbocycles. The zero-order valence-corrected chi connectivity index (χ0v) is 27.9. The van der Waals surface area contributed by atoms with Gasteiger partial charge in [-0.05, 0) is 96.2 Å². The SMILES string of the molecule is COC(=O)c1c(-c2cc(OC)c(C)c(OC)c2)c2ccc(OCc3cc(N)cc(N)c3)cc2c(=O)n1-c1ccc(N)cc1.Cl.Cl.Cl. The van der Waals surface area contributed by atoms with Crippen molar-refractivity contribution in [2.24, 2.45) is 0 Å². The largest absolute Gasteiger partial charge is 0.496 e. The number of nitrogen functional groups attached to an aromatic ring is 3. The van der Waals surface area contributed by atoms with Crippen LogP contribution in [0.25, 0.3) is 27.6 Å². The summed E-state index contributed by atoms with van der Waals surface area (Å²) in [5, 5.41) is 0.813. The van der Waals surface area contributed by atoms with Crippen LogP contribution >= 0.6 is 37.2 Å². The van der Waals surface area contributed by atoms with Gasteiger partial charge in [0.2, 0.25) is 0 Å². The fraction of sp³-hybridized carbons (Fsp3) is 0.152. The first-order valence-electron chi connectivity index (χ1n) is 13.3. The second-order valence-corrected chi connectivity index (χ2v) is 9.96. The van der Waals surface area contributed by atoms with Crippen LogP contribution in [-0.4, -0.2) is 31.9 Å². The standard InChI is InChI=1S/C33H32N4O6.3ClH/c1-18-28(40-2)13-20(14-29(18)41-3)30-26-10-9-25(43-17-19-11-22(35)15-23(36)12-19)16-27(26)32(38)37(31(30)33(39)42-4)24-7-5-21(34)6-8-24;;;/h5-16H,17,34-36H2,1-4H3;3*1H. The zero-order valence-electron chi connectivity index (χ0n) is 25.5. The van der Waals surface area contributed by atoms with Crippen LogP contribution in [0.3, 0.4) is 0 Å². The van der Waals surface area contributed by atoms with Crippen LogP contribution in [0.4, 0.5) is 17.1 Å². The van der Waals surface area contributed by atoms with Crippen molar-refractivity contribution in [2.75, 3.05) is 38.5 Å². The molecule has 0 amide bonds. The van der Waals surface area contributed by atoms with Crippen molar-refractivity contribution in [3.63, 3.8) is 0 Å². The molecule has 46 heavy (non-hydrogen) atoms. The highest BCUT2D eigenvalue weighted by Gasteiger charge is 2.26. The maximum atomic E-state index is 14.2. The maximum Gasteiger partial charge on any atom is 0.355 e. The van der Waals surface area contributed by atoms with E-state index in [4.69, 9.17) is 36.1 Å². The minimum absolute atomic E-state index is 0. The molecule has 13 heteroatoms. The third kappa shape index (κ3) is 7.20. The van der Waals surface area contributed by atoms with Crippen molar-refractivity contribution < 1.29 is 23.7 Å². The molecule has 0 aliphatic heterocycles. The van der Waals surface area contributed by atoms with Gasteiger partial charge in [0, 0.05) is 33.9 Å². The Bertz CT molecular complexity index is 1890. The highest BCUT2D eigenvalue weighted by Crippen LogP contribution is 2.40. The maximum absolute atomic E-state index is 14.2. The molecule has 10 nitrogen and oxygen atoms in total. The lowest BCUT2D eigenvalue weighted by Crippen LogP contribution is -2.27. The van der Waals surface area contributed by atoms with E-state index in [1.54, 1.807) is 87.0 Å². The fourth-order valence-corrected chi connectivity index (χ4v) is 5.15. The smallest absolute Gasteiger partial charge is 0.355 e. The quantitative estimate of drug-likeness (QED) is 0.125. The van der Waals surface area contributed by atoms with E-state index in [0.717, 1.165) is 11.1 Å². The summed E-state index contributed by atoms with van der Waals surface area (Å²) in [6.45, 7) is 2.04. The number of fused-ring (bicyclic) bond motifs is 1. The van der Waals surface area contributed by atoms with E-state index in [0.29, 0.717) is 61.9 Å². The number of aromatic nitrogens is 1. The number of carbonyl (C=O) groups excluding carboxylic acids is 1. The number of hydrogen-bond donors (Lipinski definition) is 3. The molecule has 0 aliphatic carbocycles. The third-order valence-electron chi connectivity index (χ3n) is 7.17. The van der Waals surface area contributed by atoms with Crippen molar-refractivity contribution in [1.82, 2.24) is 4.57 Å². The second kappa shape index (κ2) is 15.5. The van der Waals surface area contributed by atoms with E-state index in [9.17, 15) is 9.59 Å². The number of pyridine rings is 1. The molecule has 244 valence electrons. The summed E-state index contributed by atoms with van der Waals surface area (Å²) in [5.41, 5.74) is 21.9. The molecule has 0 unspecified atom stereocenters. The van der Waals surface area contributed by atoms with Gasteiger partial charge in [0.05, 0.1) is 26.7 Å². The lowest BCUT2D eigenvalue weighted by Gasteiger charge is -2.21. The van der Waals surface area contributed by atoms with Gasteiger partial charge in [-0.2, -0.15) is 0 Å². The number of ether oxygens (including phenoxy) is 4. The molecule has 0 spiro atoms. The van der Waals surface area contributed by atoms with Gasteiger partial charge in [0.25, 0.3) is 5.56 Å². The minimum atomic E-state index is -0.705. The molecule has 0 fully saturated rings. The van der Waals surface area contributed by atoms with Crippen LogP contribution in [0.15, 0.2) is 77.6 Å². The zero-order chi connectivity index (χ0) is 30.8. The average molecular weight is 690 g/mol. The summed E-state index contributed by atoms with van der Waals surface area (Å²) < 4.78 is 23.9. The van der Waals surface area contributed by atoms with Gasteiger partial charge >= 0.3 is 5.97 Å². The number of methoxy groups -OCH3 is 3. The molecular formula is C33H35Cl3N4O6.